The van der Waals surface area contributed by atoms with E-state index in [4.69, 9.17) is 21.1 Å². The van der Waals surface area contributed by atoms with Gasteiger partial charge in [0.15, 0.2) is 6.10 Å². The normalized spacial score (nSPS) is 26.2. The van der Waals surface area contributed by atoms with E-state index >= 15 is 0 Å². The first-order valence-corrected chi connectivity index (χ1v) is 4.81. The zero-order valence-electron chi connectivity index (χ0n) is 7.35. The number of halogens is 1. The Morgan fingerprint density at radius 2 is 2.00 bits per heavy atom. The molecule has 4 heteroatoms. The predicted octanol–water partition coefficient (Wildman–Crippen LogP) is 1.87. The molecule has 0 saturated carbocycles. The molecule has 1 aliphatic heterocycles. The van der Waals surface area contributed by atoms with Crippen LogP contribution in [0.3, 0.4) is 0 Å². The van der Waals surface area contributed by atoms with E-state index < -0.39 is 18.4 Å². The van der Waals surface area contributed by atoms with Gasteiger partial charge < -0.3 is 9.47 Å². The largest absolute Gasteiger partial charge is 0.429 e. The Balaban J connectivity index is 2.13. The predicted molar refractivity (Wildman–Crippen MR) is 50.9 cm³/mol. The minimum absolute atomic E-state index is 0.127. The second-order valence-electron chi connectivity index (χ2n) is 2.96. The topological polar surface area (TPSA) is 35.5 Å². The first kappa shape index (κ1) is 9.49. The van der Waals surface area contributed by atoms with Crippen LogP contribution in [0.5, 0.6) is 0 Å². The van der Waals surface area contributed by atoms with Crippen molar-refractivity contribution in [1.29, 1.82) is 0 Å². The van der Waals surface area contributed by atoms with Gasteiger partial charge in [0, 0.05) is 5.56 Å². The van der Waals surface area contributed by atoms with Crippen molar-refractivity contribution in [2.45, 2.75) is 12.4 Å². The number of alkyl halides is 1. The number of esters is 1. The number of hydrogen-bond acceptors (Lipinski definition) is 3. The highest BCUT2D eigenvalue weighted by atomic mass is 35.5. The van der Waals surface area contributed by atoms with Crippen molar-refractivity contribution in [3.63, 3.8) is 0 Å². The second-order valence-corrected chi connectivity index (χ2v) is 3.27. The number of rotatable bonds is 2. The molecule has 1 aromatic rings. The van der Waals surface area contributed by atoms with Crippen LogP contribution in [0.15, 0.2) is 30.3 Å². The minimum Gasteiger partial charge on any atom is -0.429 e. The van der Waals surface area contributed by atoms with Crippen molar-refractivity contribution in [2.75, 3.05) is 5.88 Å². The molecule has 0 bridgehead atoms. The van der Waals surface area contributed by atoms with Gasteiger partial charge in [0.05, 0.1) is 5.88 Å². The summed E-state index contributed by atoms with van der Waals surface area (Å²) in [6.07, 6.45) is -1.24. The number of cyclic esters (lactones) is 1. The lowest BCUT2D eigenvalue weighted by Gasteiger charge is -2.08. The maximum atomic E-state index is 11.2. The van der Waals surface area contributed by atoms with E-state index in [1.165, 1.54) is 0 Å². The molecule has 0 amide bonds. The molecule has 1 aliphatic rings. The van der Waals surface area contributed by atoms with E-state index in [1.54, 1.807) is 0 Å². The fourth-order valence-electron chi connectivity index (χ4n) is 1.27. The van der Waals surface area contributed by atoms with Gasteiger partial charge in [0.25, 0.3) is 0 Å². The summed E-state index contributed by atoms with van der Waals surface area (Å²) < 4.78 is 10.3. The molecule has 74 valence electrons. The van der Waals surface area contributed by atoms with E-state index in [0.717, 1.165) is 5.56 Å². The first-order valence-electron chi connectivity index (χ1n) is 4.28. The lowest BCUT2D eigenvalue weighted by Crippen LogP contribution is -2.17. The molecule has 1 saturated heterocycles. The molecule has 2 rings (SSSR count). The Hall–Kier alpha value is -1.06. The molecule has 0 spiro atoms. The summed E-state index contributed by atoms with van der Waals surface area (Å²) in [5.41, 5.74) is 0.827. The molecular formula is C10H9ClO3. The fourth-order valence-corrected chi connectivity index (χ4v) is 1.47. The van der Waals surface area contributed by atoms with E-state index in [9.17, 15) is 4.79 Å². The van der Waals surface area contributed by atoms with Gasteiger partial charge in [0.2, 0.25) is 6.29 Å². The summed E-state index contributed by atoms with van der Waals surface area (Å²) in [7, 11) is 0. The lowest BCUT2D eigenvalue weighted by atomic mass is 10.2. The van der Waals surface area contributed by atoms with Crippen LogP contribution in [0, 0.1) is 0 Å². The molecule has 2 atom stereocenters. The molecule has 1 aromatic carbocycles. The van der Waals surface area contributed by atoms with Crippen molar-refractivity contribution in [1.82, 2.24) is 0 Å². The summed E-state index contributed by atoms with van der Waals surface area (Å²) in [5, 5.41) is 0. The van der Waals surface area contributed by atoms with E-state index in [0.29, 0.717) is 0 Å². The number of carbonyl (C=O) groups is 1. The van der Waals surface area contributed by atoms with Crippen LogP contribution in [-0.4, -0.2) is 18.0 Å². The second kappa shape index (κ2) is 3.98. The Kier molecular flexibility index (Phi) is 2.70. The summed E-state index contributed by atoms with van der Waals surface area (Å²) in [6.45, 7) is 0. The van der Waals surface area contributed by atoms with Gasteiger partial charge in [-0.3, -0.25) is 0 Å². The zero-order chi connectivity index (χ0) is 9.97. The van der Waals surface area contributed by atoms with Crippen molar-refractivity contribution in [3.8, 4) is 0 Å². The number of ether oxygens (including phenoxy) is 2. The average Bonchev–Trinajstić information content (AvgIpc) is 2.61. The highest BCUT2D eigenvalue weighted by molar-refractivity contribution is 6.19. The highest BCUT2D eigenvalue weighted by Crippen LogP contribution is 2.27. The third-order valence-corrected chi connectivity index (χ3v) is 2.27. The van der Waals surface area contributed by atoms with E-state index in [1.807, 2.05) is 30.3 Å². The maximum absolute atomic E-state index is 11.2. The molecule has 1 fully saturated rings. The average molecular weight is 213 g/mol. The fraction of sp³-hybridized carbons (Fsp3) is 0.300. The van der Waals surface area contributed by atoms with Gasteiger partial charge in [-0.25, -0.2) is 4.79 Å². The van der Waals surface area contributed by atoms with Crippen LogP contribution in [0.25, 0.3) is 0 Å². The van der Waals surface area contributed by atoms with Crippen molar-refractivity contribution >= 4 is 17.6 Å². The van der Waals surface area contributed by atoms with Crippen LogP contribution >= 0.6 is 11.6 Å². The van der Waals surface area contributed by atoms with Gasteiger partial charge in [-0.1, -0.05) is 30.3 Å². The smallest absolute Gasteiger partial charge is 0.339 e. The van der Waals surface area contributed by atoms with Gasteiger partial charge in [0.1, 0.15) is 0 Å². The third kappa shape index (κ3) is 1.74. The van der Waals surface area contributed by atoms with E-state index in [-0.39, 0.29) is 5.88 Å². The van der Waals surface area contributed by atoms with Gasteiger partial charge in [-0.2, -0.15) is 0 Å². The van der Waals surface area contributed by atoms with Crippen molar-refractivity contribution < 1.29 is 14.3 Å². The maximum Gasteiger partial charge on any atom is 0.339 e. The monoisotopic (exact) mass is 212 g/mol. The van der Waals surface area contributed by atoms with Gasteiger partial charge in [-0.05, 0) is 0 Å². The van der Waals surface area contributed by atoms with Crippen LogP contribution in [-0.2, 0) is 14.3 Å². The Bertz CT molecular complexity index is 325. The summed E-state index contributed by atoms with van der Waals surface area (Å²) in [5.74, 6) is -0.267. The molecular weight excluding hydrogens is 204 g/mol. The van der Waals surface area contributed by atoms with E-state index in [2.05, 4.69) is 0 Å². The molecule has 3 nitrogen and oxygen atoms in total. The highest BCUT2D eigenvalue weighted by Gasteiger charge is 2.35. The van der Waals surface area contributed by atoms with Crippen LogP contribution < -0.4 is 0 Å². The molecule has 14 heavy (non-hydrogen) atoms. The standard InChI is InChI=1S/C10H9ClO3/c11-6-8-9(12)14-10(13-8)7-4-2-1-3-5-7/h1-5,8,10H,6H2. The van der Waals surface area contributed by atoms with Crippen LogP contribution in [0.2, 0.25) is 0 Å². The zero-order valence-corrected chi connectivity index (χ0v) is 8.11. The SMILES string of the molecule is O=C1OC(c2ccccc2)OC1CCl. The Labute approximate surface area is 86.6 Å². The summed E-state index contributed by atoms with van der Waals surface area (Å²) >= 11 is 5.53. The lowest BCUT2D eigenvalue weighted by molar-refractivity contribution is -0.144. The van der Waals surface area contributed by atoms with Crippen LogP contribution in [0.1, 0.15) is 11.9 Å². The summed E-state index contributed by atoms with van der Waals surface area (Å²) in [6, 6.07) is 9.30. The van der Waals surface area contributed by atoms with Crippen LogP contribution in [0.4, 0.5) is 0 Å². The van der Waals surface area contributed by atoms with Crippen molar-refractivity contribution in [3.05, 3.63) is 35.9 Å². The molecule has 0 N–H and O–H groups in total. The molecule has 1 heterocycles. The molecule has 0 aliphatic carbocycles. The first-order chi connectivity index (χ1) is 6.81. The molecule has 0 aromatic heterocycles. The third-order valence-electron chi connectivity index (χ3n) is 1.99. The minimum atomic E-state index is -0.637. The molecule has 2 unspecified atom stereocenters. The Morgan fingerprint density at radius 3 is 2.57 bits per heavy atom. The summed E-state index contributed by atoms with van der Waals surface area (Å²) in [4.78, 5) is 11.2. The number of hydrogen-bond donors (Lipinski definition) is 0. The number of benzene rings is 1. The molecule has 0 radical (unpaired) electrons. The van der Waals surface area contributed by atoms with Gasteiger partial charge >= 0.3 is 5.97 Å². The quantitative estimate of drug-likeness (QED) is 0.555. The van der Waals surface area contributed by atoms with Gasteiger partial charge in [-0.15, -0.1) is 11.6 Å². The van der Waals surface area contributed by atoms with Crippen molar-refractivity contribution in [2.24, 2.45) is 0 Å². The Morgan fingerprint density at radius 1 is 1.29 bits per heavy atom. The number of carbonyl (C=O) groups excluding carboxylic acids is 1.